The molecular formula is C5H6N2O4. The third-order valence-corrected chi connectivity index (χ3v) is 0.863. The number of hydrogen-bond acceptors (Lipinski definition) is 4. The van der Waals surface area contributed by atoms with Gasteiger partial charge in [-0.3, -0.25) is 14.4 Å². The second kappa shape index (κ2) is 3.45. The fourth-order valence-electron chi connectivity index (χ4n) is 0.370. The molecule has 0 saturated carbocycles. The number of ketones is 1. The maximum Gasteiger partial charge on any atom is 0.328 e. The van der Waals surface area contributed by atoms with Crippen LogP contribution in [0.4, 0.5) is 4.79 Å². The number of amides is 4. The standard InChI is InChI=1S/C5H6N2O4/c1-3(9)4(10)7(2-8)5(6)11/h2H,1H3,(H2,6,11). The van der Waals surface area contributed by atoms with Crippen LogP contribution in [0.25, 0.3) is 0 Å². The Morgan fingerprint density at radius 3 is 1.91 bits per heavy atom. The minimum atomic E-state index is -1.26. The van der Waals surface area contributed by atoms with E-state index < -0.39 is 17.7 Å². The first-order chi connectivity index (χ1) is 5.00. The monoisotopic (exact) mass is 158 g/mol. The van der Waals surface area contributed by atoms with E-state index in [1.165, 1.54) is 0 Å². The summed E-state index contributed by atoms with van der Waals surface area (Å²) in [7, 11) is 0. The van der Waals surface area contributed by atoms with Crippen LogP contribution in [0, 0.1) is 0 Å². The summed E-state index contributed by atoms with van der Waals surface area (Å²) in [6.07, 6.45) is -0.105. The zero-order valence-electron chi connectivity index (χ0n) is 5.73. The van der Waals surface area contributed by atoms with Gasteiger partial charge >= 0.3 is 11.9 Å². The first-order valence-electron chi connectivity index (χ1n) is 2.59. The quantitative estimate of drug-likeness (QED) is 0.396. The number of carbonyl (C=O) groups is 4. The van der Waals surface area contributed by atoms with Crippen LogP contribution in [0.2, 0.25) is 0 Å². The molecule has 0 aliphatic rings. The number of imide groups is 3. The van der Waals surface area contributed by atoms with Gasteiger partial charge in [-0.2, -0.15) is 4.90 Å². The number of nitrogens with zero attached hydrogens (tertiary/aromatic N) is 1. The molecule has 6 nitrogen and oxygen atoms in total. The van der Waals surface area contributed by atoms with E-state index in [4.69, 9.17) is 0 Å². The van der Waals surface area contributed by atoms with Gasteiger partial charge in [0.25, 0.3) is 0 Å². The Morgan fingerprint density at radius 2 is 1.82 bits per heavy atom. The Labute approximate surface area is 61.9 Å². The summed E-state index contributed by atoms with van der Waals surface area (Å²) in [6, 6.07) is -1.26. The lowest BCUT2D eigenvalue weighted by atomic mass is 10.4. The van der Waals surface area contributed by atoms with Crippen molar-refractivity contribution in [1.82, 2.24) is 4.90 Å². The van der Waals surface area contributed by atoms with E-state index >= 15 is 0 Å². The minimum absolute atomic E-state index is 0.00231. The van der Waals surface area contributed by atoms with Gasteiger partial charge in [0.2, 0.25) is 12.2 Å². The molecule has 0 aliphatic heterocycles. The summed E-state index contributed by atoms with van der Waals surface area (Å²) in [4.78, 5) is 41.0. The molecule has 0 aromatic rings. The van der Waals surface area contributed by atoms with Gasteiger partial charge in [0.15, 0.2) is 0 Å². The predicted octanol–water partition coefficient (Wildman–Crippen LogP) is -1.36. The average Bonchev–Trinajstić information content (AvgIpc) is 1.88. The highest BCUT2D eigenvalue weighted by Crippen LogP contribution is 1.85. The van der Waals surface area contributed by atoms with Gasteiger partial charge in [-0.15, -0.1) is 0 Å². The topological polar surface area (TPSA) is 97.5 Å². The van der Waals surface area contributed by atoms with Crippen molar-refractivity contribution in [3.8, 4) is 0 Å². The third kappa shape index (κ3) is 2.17. The van der Waals surface area contributed by atoms with Crippen molar-refractivity contribution in [2.24, 2.45) is 5.73 Å². The SMILES string of the molecule is CC(=O)C(=O)N(C=O)C(N)=O. The predicted molar refractivity (Wildman–Crippen MR) is 33.2 cm³/mol. The molecule has 2 N–H and O–H groups in total. The van der Waals surface area contributed by atoms with Gasteiger partial charge < -0.3 is 5.73 Å². The van der Waals surface area contributed by atoms with Crippen LogP contribution in [0.15, 0.2) is 0 Å². The zero-order valence-corrected chi connectivity index (χ0v) is 5.73. The number of nitrogens with two attached hydrogens (primary N) is 1. The molecule has 4 amide bonds. The Balaban J connectivity index is 4.52. The van der Waals surface area contributed by atoms with E-state index in [0.717, 1.165) is 6.92 Å². The molecule has 0 rings (SSSR count). The van der Waals surface area contributed by atoms with Crippen LogP contribution >= 0.6 is 0 Å². The Morgan fingerprint density at radius 1 is 1.36 bits per heavy atom. The Bertz CT molecular complexity index is 223. The summed E-state index contributed by atoms with van der Waals surface area (Å²) in [5, 5.41) is 0. The van der Waals surface area contributed by atoms with Crippen LogP contribution in [0.5, 0.6) is 0 Å². The molecule has 6 heteroatoms. The van der Waals surface area contributed by atoms with E-state index in [-0.39, 0.29) is 11.3 Å². The van der Waals surface area contributed by atoms with Crippen LogP contribution < -0.4 is 5.73 Å². The van der Waals surface area contributed by atoms with Crippen LogP contribution in [-0.4, -0.2) is 29.0 Å². The van der Waals surface area contributed by atoms with Crippen LogP contribution in [0.1, 0.15) is 6.92 Å². The first-order valence-corrected chi connectivity index (χ1v) is 2.59. The van der Waals surface area contributed by atoms with Gasteiger partial charge in [-0.1, -0.05) is 0 Å². The average molecular weight is 158 g/mol. The fraction of sp³-hybridized carbons (Fsp3) is 0.200. The Hall–Kier alpha value is -1.72. The summed E-state index contributed by atoms with van der Waals surface area (Å²) in [6.45, 7) is 0.932. The molecule has 0 spiro atoms. The molecular weight excluding hydrogens is 152 g/mol. The van der Waals surface area contributed by atoms with Crippen molar-refractivity contribution < 1.29 is 19.2 Å². The lowest BCUT2D eigenvalue weighted by Crippen LogP contribution is -2.42. The normalized spacial score (nSPS) is 8.45. The van der Waals surface area contributed by atoms with Gasteiger partial charge in [-0.05, 0) is 0 Å². The number of primary amides is 1. The molecule has 60 valence electrons. The summed E-state index contributed by atoms with van der Waals surface area (Å²) >= 11 is 0. The molecule has 0 bridgehead atoms. The van der Waals surface area contributed by atoms with E-state index in [9.17, 15) is 19.2 Å². The van der Waals surface area contributed by atoms with Crippen molar-refractivity contribution in [1.29, 1.82) is 0 Å². The number of hydrogen-bond donors (Lipinski definition) is 1. The second-order valence-corrected chi connectivity index (χ2v) is 1.67. The Kier molecular flexibility index (Phi) is 2.91. The summed E-state index contributed by atoms with van der Waals surface area (Å²) in [5.41, 5.74) is 4.57. The van der Waals surface area contributed by atoms with Crippen molar-refractivity contribution in [3.05, 3.63) is 0 Å². The molecule has 0 radical (unpaired) electrons. The van der Waals surface area contributed by atoms with Crippen LogP contribution in [-0.2, 0) is 14.4 Å². The third-order valence-electron chi connectivity index (χ3n) is 0.863. The maximum absolute atomic E-state index is 10.6. The molecule has 0 atom stereocenters. The summed E-state index contributed by atoms with van der Waals surface area (Å²) in [5.74, 6) is -2.15. The van der Waals surface area contributed by atoms with Crippen molar-refractivity contribution in [2.45, 2.75) is 6.92 Å². The largest absolute Gasteiger partial charge is 0.351 e. The van der Waals surface area contributed by atoms with Gasteiger partial charge in [0.05, 0.1) is 0 Å². The molecule has 0 aromatic carbocycles. The molecule has 11 heavy (non-hydrogen) atoms. The first kappa shape index (κ1) is 9.28. The number of carbonyl (C=O) groups excluding carboxylic acids is 4. The molecule has 0 unspecified atom stereocenters. The van der Waals surface area contributed by atoms with Crippen molar-refractivity contribution >= 4 is 24.1 Å². The molecule has 0 aliphatic carbocycles. The minimum Gasteiger partial charge on any atom is -0.351 e. The second-order valence-electron chi connectivity index (χ2n) is 1.67. The highest BCUT2D eigenvalue weighted by molar-refractivity contribution is 6.39. The number of Topliss-reactive ketones (excluding diaryl/α,β-unsaturated/α-hetero) is 1. The van der Waals surface area contributed by atoms with Crippen molar-refractivity contribution in [2.75, 3.05) is 0 Å². The number of rotatable bonds is 2. The van der Waals surface area contributed by atoms with Gasteiger partial charge in [-0.25, -0.2) is 4.79 Å². The van der Waals surface area contributed by atoms with E-state index in [1.54, 1.807) is 0 Å². The molecule has 0 heterocycles. The summed E-state index contributed by atoms with van der Waals surface area (Å²) < 4.78 is 0. The zero-order chi connectivity index (χ0) is 9.02. The van der Waals surface area contributed by atoms with E-state index in [2.05, 4.69) is 5.73 Å². The highest BCUT2D eigenvalue weighted by atomic mass is 16.2. The van der Waals surface area contributed by atoms with Crippen molar-refractivity contribution in [3.63, 3.8) is 0 Å². The van der Waals surface area contributed by atoms with E-state index in [0.29, 0.717) is 0 Å². The van der Waals surface area contributed by atoms with Crippen LogP contribution in [0.3, 0.4) is 0 Å². The molecule has 0 fully saturated rings. The van der Waals surface area contributed by atoms with Gasteiger partial charge in [0, 0.05) is 6.92 Å². The van der Waals surface area contributed by atoms with Gasteiger partial charge in [0.1, 0.15) is 0 Å². The molecule has 0 aromatic heterocycles. The smallest absolute Gasteiger partial charge is 0.328 e. The lowest BCUT2D eigenvalue weighted by molar-refractivity contribution is -0.144. The lowest BCUT2D eigenvalue weighted by Gasteiger charge is -2.06. The highest BCUT2D eigenvalue weighted by Gasteiger charge is 2.21. The molecule has 0 saturated heterocycles. The van der Waals surface area contributed by atoms with E-state index in [1.807, 2.05) is 0 Å². The maximum atomic E-state index is 10.6. The fourth-order valence-corrected chi connectivity index (χ4v) is 0.370. The number of urea groups is 1.